The van der Waals surface area contributed by atoms with Gasteiger partial charge in [-0.2, -0.15) is 0 Å². The number of fused-ring (bicyclic) bond motifs is 1. The Labute approximate surface area is 164 Å². The second kappa shape index (κ2) is 8.65. The number of hydrogen-bond acceptors (Lipinski definition) is 5. The molecule has 0 saturated carbocycles. The van der Waals surface area contributed by atoms with E-state index in [0.29, 0.717) is 17.2 Å². The van der Waals surface area contributed by atoms with Gasteiger partial charge in [-0.15, -0.1) is 0 Å². The Morgan fingerprint density at radius 3 is 2.21 bits per heavy atom. The Morgan fingerprint density at radius 2 is 1.57 bits per heavy atom. The lowest BCUT2D eigenvalue weighted by Crippen LogP contribution is -2.42. The second-order valence-electron chi connectivity index (χ2n) is 6.55. The lowest BCUT2D eigenvalue weighted by atomic mass is 10.0. The summed E-state index contributed by atoms with van der Waals surface area (Å²) in [4.78, 5) is 24.6. The number of amides is 2. The molecule has 1 aliphatic carbocycles. The van der Waals surface area contributed by atoms with Crippen molar-refractivity contribution in [2.24, 2.45) is 0 Å². The van der Waals surface area contributed by atoms with Gasteiger partial charge in [-0.25, -0.2) is 0 Å². The molecular weight excluding hydrogens is 360 g/mol. The van der Waals surface area contributed by atoms with E-state index in [-0.39, 0.29) is 17.9 Å². The number of methoxy groups -OCH3 is 3. The summed E-state index contributed by atoms with van der Waals surface area (Å²) >= 11 is 0. The van der Waals surface area contributed by atoms with Crippen molar-refractivity contribution in [3.05, 3.63) is 52.6 Å². The van der Waals surface area contributed by atoms with Gasteiger partial charge in [0.05, 0.1) is 27.8 Å². The Hall–Kier alpha value is -3.22. The molecule has 0 atom stereocenters. The van der Waals surface area contributed by atoms with Crippen LogP contribution in [0.2, 0.25) is 0 Å². The molecule has 2 aromatic carbocycles. The monoisotopic (exact) mass is 384 g/mol. The van der Waals surface area contributed by atoms with Gasteiger partial charge in [0.25, 0.3) is 5.91 Å². The normalized spacial score (nSPS) is 12.1. The van der Waals surface area contributed by atoms with Gasteiger partial charge in [-0.05, 0) is 48.1 Å². The molecule has 0 unspecified atom stereocenters. The van der Waals surface area contributed by atoms with Gasteiger partial charge >= 0.3 is 0 Å². The first-order valence-corrected chi connectivity index (χ1v) is 9.05. The van der Waals surface area contributed by atoms with E-state index in [9.17, 15) is 9.59 Å². The molecule has 0 radical (unpaired) electrons. The first-order valence-electron chi connectivity index (χ1n) is 9.05. The number of carbonyl (C=O) groups is 2. The van der Waals surface area contributed by atoms with Crippen molar-refractivity contribution >= 4 is 11.8 Å². The summed E-state index contributed by atoms with van der Waals surface area (Å²) in [7, 11) is 4.42. The molecule has 2 N–H and O–H groups in total. The summed E-state index contributed by atoms with van der Waals surface area (Å²) in [6.45, 7) is 0. The largest absolute Gasteiger partial charge is 0.493 e. The first-order chi connectivity index (χ1) is 13.5. The molecule has 0 spiro atoms. The van der Waals surface area contributed by atoms with Crippen LogP contribution in [-0.2, 0) is 24.1 Å². The van der Waals surface area contributed by atoms with Gasteiger partial charge in [0, 0.05) is 5.56 Å². The van der Waals surface area contributed by atoms with Crippen LogP contribution < -0.4 is 25.1 Å². The molecule has 0 heterocycles. The van der Waals surface area contributed by atoms with Gasteiger partial charge in [0.2, 0.25) is 11.7 Å². The van der Waals surface area contributed by atoms with Crippen molar-refractivity contribution < 1.29 is 23.8 Å². The summed E-state index contributed by atoms with van der Waals surface area (Å²) in [5.41, 5.74) is 8.74. The minimum absolute atomic E-state index is 0.197. The fourth-order valence-corrected chi connectivity index (χ4v) is 3.38. The lowest BCUT2D eigenvalue weighted by molar-refractivity contribution is -0.121. The van der Waals surface area contributed by atoms with Gasteiger partial charge in [0.1, 0.15) is 0 Å². The van der Waals surface area contributed by atoms with Crippen LogP contribution in [0.25, 0.3) is 0 Å². The predicted molar refractivity (Wildman–Crippen MR) is 104 cm³/mol. The van der Waals surface area contributed by atoms with E-state index in [1.165, 1.54) is 44.6 Å². The van der Waals surface area contributed by atoms with Crippen LogP contribution in [0.15, 0.2) is 30.3 Å². The Bertz CT molecular complexity index is 869. The Balaban J connectivity index is 1.62. The number of carbonyl (C=O) groups excluding carboxylic acids is 2. The fraction of sp³-hybridized carbons (Fsp3) is 0.333. The maximum absolute atomic E-state index is 12.4. The van der Waals surface area contributed by atoms with E-state index in [2.05, 4.69) is 23.0 Å². The second-order valence-corrected chi connectivity index (χ2v) is 6.55. The van der Waals surface area contributed by atoms with Gasteiger partial charge in [-0.3, -0.25) is 20.4 Å². The molecule has 0 fully saturated rings. The molecule has 2 amide bonds. The van der Waals surface area contributed by atoms with E-state index < -0.39 is 5.91 Å². The van der Waals surface area contributed by atoms with Crippen molar-refractivity contribution in [3.8, 4) is 17.2 Å². The highest BCUT2D eigenvalue weighted by molar-refractivity contribution is 5.96. The van der Waals surface area contributed by atoms with Crippen LogP contribution in [0.1, 0.15) is 33.5 Å². The Kier molecular flexibility index (Phi) is 6.03. The topological polar surface area (TPSA) is 85.9 Å². The minimum Gasteiger partial charge on any atom is -0.493 e. The summed E-state index contributed by atoms with van der Waals surface area (Å²) < 4.78 is 15.7. The molecule has 0 aliphatic heterocycles. The van der Waals surface area contributed by atoms with Crippen LogP contribution >= 0.6 is 0 Å². The van der Waals surface area contributed by atoms with Crippen molar-refractivity contribution in [2.45, 2.75) is 25.7 Å². The molecule has 7 nitrogen and oxygen atoms in total. The summed E-state index contributed by atoms with van der Waals surface area (Å²) in [5, 5.41) is 0. The molecule has 7 heteroatoms. The number of rotatable bonds is 6. The quantitative estimate of drug-likeness (QED) is 0.746. The highest BCUT2D eigenvalue weighted by Crippen LogP contribution is 2.38. The zero-order valence-electron chi connectivity index (χ0n) is 16.3. The number of nitrogens with one attached hydrogen (secondary N) is 2. The van der Waals surface area contributed by atoms with Crippen LogP contribution in [0.4, 0.5) is 0 Å². The number of hydrogen-bond donors (Lipinski definition) is 2. The van der Waals surface area contributed by atoms with Crippen LogP contribution in [-0.4, -0.2) is 33.1 Å². The first kappa shape index (κ1) is 19.5. The van der Waals surface area contributed by atoms with Gasteiger partial charge in [0.15, 0.2) is 11.5 Å². The number of aryl methyl sites for hydroxylation is 2. The standard InChI is InChI=1S/C21H24N2O5/c1-26-17-11-16(12-18(27-2)20(17)28-3)21(25)23-22-19(24)10-13-7-8-14-5-4-6-15(14)9-13/h7-9,11-12H,4-6,10H2,1-3H3,(H,22,24)(H,23,25). The molecule has 1 aliphatic rings. The smallest absolute Gasteiger partial charge is 0.269 e. The van der Waals surface area contributed by atoms with E-state index >= 15 is 0 Å². The van der Waals surface area contributed by atoms with E-state index in [1.807, 2.05) is 6.07 Å². The maximum atomic E-state index is 12.4. The van der Waals surface area contributed by atoms with Gasteiger partial charge in [-0.1, -0.05) is 18.2 Å². The fourth-order valence-electron chi connectivity index (χ4n) is 3.38. The predicted octanol–water partition coefficient (Wildman–Crippen LogP) is 2.20. The molecule has 3 rings (SSSR count). The third-order valence-electron chi connectivity index (χ3n) is 4.77. The van der Waals surface area contributed by atoms with Crippen molar-refractivity contribution in [1.29, 1.82) is 0 Å². The minimum atomic E-state index is -0.485. The van der Waals surface area contributed by atoms with Crippen molar-refractivity contribution in [2.75, 3.05) is 21.3 Å². The van der Waals surface area contributed by atoms with Crippen LogP contribution in [0.5, 0.6) is 17.2 Å². The van der Waals surface area contributed by atoms with Crippen molar-refractivity contribution in [3.63, 3.8) is 0 Å². The average molecular weight is 384 g/mol. The summed E-state index contributed by atoms with van der Waals surface area (Å²) in [6.07, 6.45) is 3.52. The maximum Gasteiger partial charge on any atom is 0.269 e. The van der Waals surface area contributed by atoms with E-state index in [0.717, 1.165) is 24.8 Å². The highest BCUT2D eigenvalue weighted by atomic mass is 16.5. The Morgan fingerprint density at radius 1 is 0.893 bits per heavy atom. The molecule has 2 aromatic rings. The molecule has 28 heavy (non-hydrogen) atoms. The third kappa shape index (κ3) is 4.19. The third-order valence-corrected chi connectivity index (χ3v) is 4.77. The zero-order valence-corrected chi connectivity index (χ0v) is 16.3. The molecular formula is C21H24N2O5. The lowest BCUT2D eigenvalue weighted by Gasteiger charge is -2.14. The molecule has 0 saturated heterocycles. The molecule has 148 valence electrons. The number of benzene rings is 2. The van der Waals surface area contributed by atoms with E-state index in [4.69, 9.17) is 14.2 Å². The zero-order chi connectivity index (χ0) is 20.1. The van der Waals surface area contributed by atoms with Crippen LogP contribution in [0, 0.1) is 0 Å². The average Bonchev–Trinajstić information content (AvgIpc) is 3.18. The van der Waals surface area contributed by atoms with E-state index in [1.54, 1.807) is 0 Å². The highest BCUT2D eigenvalue weighted by Gasteiger charge is 2.18. The summed E-state index contributed by atoms with van der Waals surface area (Å²) in [5.74, 6) is 0.329. The molecule has 0 bridgehead atoms. The van der Waals surface area contributed by atoms with Crippen LogP contribution in [0.3, 0.4) is 0 Å². The SMILES string of the molecule is COc1cc(C(=O)NNC(=O)Cc2ccc3c(c2)CCC3)cc(OC)c1OC. The molecule has 0 aromatic heterocycles. The number of hydrazine groups is 1. The number of ether oxygens (including phenoxy) is 3. The van der Waals surface area contributed by atoms with Crippen molar-refractivity contribution in [1.82, 2.24) is 10.9 Å². The van der Waals surface area contributed by atoms with Gasteiger partial charge < -0.3 is 14.2 Å². The summed E-state index contributed by atoms with van der Waals surface area (Å²) in [6, 6.07) is 9.15.